The first kappa shape index (κ1) is 20.3. The van der Waals surface area contributed by atoms with Gasteiger partial charge in [-0.05, 0) is 27.0 Å². The molecule has 0 aliphatic heterocycles. The monoisotopic (exact) mass is 332 g/mol. The molecule has 0 aromatic rings. The van der Waals surface area contributed by atoms with Crippen LogP contribution in [0.4, 0.5) is 4.79 Å². The van der Waals surface area contributed by atoms with Crippen LogP contribution in [0.25, 0.3) is 0 Å². The Morgan fingerprint density at radius 3 is 2.41 bits per heavy atom. The van der Waals surface area contributed by atoms with Crippen LogP contribution in [0.1, 0.15) is 20.8 Å². The van der Waals surface area contributed by atoms with Crippen molar-refractivity contribution in [2.75, 3.05) is 31.7 Å². The summed E-state index contributed by atoms with van der Waals surface area (Å²) < 4.78 is 10.0. The van der Waals surface area contributed by atoms with Crippen LogP contribution in [0.2, 0.25) is 0 Å². The lowest BCUT2D eigenvalue weighted by Gasteiger charge is -2.24. The first-order valence-corrected chi connectivity index (χ1v) is 8.12. The number of hydrogen-bond acceptors (Lipinski definition) is 6. The summed E-state index contributed by atoms with van der Waals surface area (Å²) in [5.74, 6) is -0.358. The third kappa shape index (κ3) is 10.1. The smallest absolute Gasteiger partial charge is 0.333 e. The molecule has 0 bridgehead atoms. The molecule has 0 unspecified atom stereocenters. The van der Waals surface area contributed by atoms with Crippen molar-refractivity contribution >= 4 is 29.7 Å². The average molecular weight is 332 g/mol. The van der Waals surface area contributed by atoms with E-state index < -0.39 is 23.6 Å². The van der Waals surface area contributed by atoms with Gasteiger partial charge in [0.05, 0.1) is 6.54 Å². The van der Waals surface area contributed by atoms with Crippen LogP contribution in [0.15, 0.2) is 12.2 Å². The van der Waals surface area contributed by atoms with Gasteiger partial charge < -0.3 is 20.1 Å². The van der Waals surface area contributed by atoms with Gasteiger partial charge in [0.1, 0.15) is 18.8 Å². The number of urea groups is 1. The Kier molecular flexibility index (Phi) is 9.32. The molecule has 22 heavy (non-hydrogen) atoms. The molecular formula is C14H24N2O5S. The molecule has 0 saturated heterocycles. The van der Waals surface area contributed by atoms with E-state index in [2.05, 4.69) is 17.2 Å². The van der Waals surface area contributed by atoms with Gasteiger partial charge in [-0.2, -0.15) is 11.8 Å². The predicted molar refractivity (Wildman–Crippen MR) is 85.7 cm³/mol. The van der Waals surface area contributed by atoms with E-state index in [1.54, 1.807) is 25.6 Å². The summed E-state index contributed by atoms with van der Waals surface area (Å²) in [6.45, 7) is 8.52. The van der Waals surface area contributed by atoms with Gasteiger partial charge in [0.25, 0.3) is 0 Å². The van der Waals surface area contributed by atoms with Gasteiger partial charge in [0.2, 0.25) is 0 Å². The first-order valence-electron chi connectivity index (χ1n) is 6.73. The van der Waals surface area contributed by atoms with Crippen LogP contribution < -0.4 is 10.6 Å². The van der Waals surface area contributed by atoms with Gasteiger partial charge in [-0.1, -0.05) is 6.58 Å². The lowest BCUT2D eigenvalue weighted by Crippen LogP contribution is -2.42. The van der Waals surface area contributed by atoms with Gasteiger partial charge in [0, 0.05) is 11.3 Å². The number of ether oxygens (including phenoxy) is 2. The van der Waals surface area contributed by atoms with Gasteiger partial charge in [-0.3, -0.25) is 4.79 Å². The van der Waals surface area contributed by atoms with E-state index in [0.29, 0.717) is 11.3 Å². The second kappa shape index (κ2) is 10.1. The molecule has 0 fully saturated rings. The van der Waals surface area contributed by atoms with E-state index in [-0.39, 0.29) is 19.7 Å². The number of rotatable bonds is 9. The van der Waals surface area contributed by atoms with Gasteiger partial charge >= 0.3 is 18.0 Å². The molecule has 0 aliphatic carbocycles. The Morgan fingerprint density at radius 2 is 1.86 bits per heavy atom. The highest BCUT2D eigenvalue weighted by Crippen LogP contribution is 2.14. The molecule has 2 N–H and O–H groups in total. The van der Waals surface area contributed by atoms with Gasteiger partial charge in [-0.25, -0.2) is 9.59 Å². The number of hydrogen-bond donors (Lipinski definition) is 2. The number of carbonyl (C=O) groups is 3. The third-order valence-corrected chi connectivity index (χ3v) is 3.23. The lowest BCUT2D eigenvalue weighted by atomic mass is 10.2. The van der Waals surface area contributed by atoms with Crippen molar-refractivity contribution < 1.29 is 23.9 Å². The Hall–Kier alpha value is -1.70. The van der Waals surface area contributed by atoms with Crippen LogP contribution in [-0.4, -0.2) is 55.3 Å². The zero-order valence-corrected chi connectivity index (χ0v) is 14.3. The summed E-state index contributed by atoms with van der Waals surface area (Å²) in [4.78, 5) is 34.1. The van der Waals surface area contributed by atoms with Gasteiger partial charge in [-0.15, -0.1) is 0 Å². The zero-order valence-electron chi connectivity index (χ0n) is 13.5. The molecule has 0 rings (SSSR count). The molecule has 0 spiro atoms. The van der Waals surface area contributed by atoms with Crippen LogP contribution in [-0.2, 0) is 19.1 Å². The van der Waals surface area contributed by atoms with Crippen LogP contribution in [0.5, 0.6) is 0 Å². The highest BCUT2D eigenvalue weighted by Gasteiger charge is 2.22. The second-order valence-corrected chi connectivity index (χ2v) is 6.06. The molecule has 0 aromatic carbocycles. The minimum absolute atomic E-state index is 0.0321. The normalized spacial score (nSPS) is 10.5. The molecule has 0 aromatic heterocycles. The zero-order chi connectivity index (χ0) is 17.2. The molecule has 2 amide bonds. The van der Waals surface area contributed by atoms with Crippen molar-refractivity contribution in [2.45, 2.75) is 26.4 Å². The summed E-state index contributed by atoms with van der Waals surface area (Å²) in [5, 5.41) is 4.82. The van der Waals surface area contributed by atoms with Crippen LogP contribution >= 0.6 is 11.8 Å². The first-order chi connectivity index (χ1) is 10.2. The molecule has 8 heteroatoms. The molecule has 0 heterocycles. The van der Waals surface area contributed by atoms with Crippen LogP contribution in [0, 0.1) is 0 Å². The number of amides is 2. The van der Waals surface area contributed by atoms with E-state index in [1.807, 2.05) is 6.26 Å². The molecular weight excluding hydrogens is 308 g/mol. The molecule has 0 atom stereocenters. The minimum atomic E-state index is -0.578. The Morgan fingerprint density at radius 1 is 1.23 bits per heavy atom. The van der Waals surface area contributed by atoms with Crippen molar-refractivity contribution in [1.29, 1.82) is 0 Å². The summed E-state index contributed by atoms with van der Waals surface area (Å²) in [7, 11) is 0. The molecule has 126 valence electrons. The largest absolute Gasteiger partial charge is 0.460 e. The molecule has 0 aliphatic rings. The number of esters is 2. The maximum atomic E-state index is 11.6. The molecule has 0 saturated carbocycles. The van der Waals surface area contributed by atoms with Gasteiger partial charge in [0.15, 0.2) is 0 Å². The van der Waals surface area contributed by atoms with E-state index in [1.165, 1.54) is 6.92 Å². The standard InChI is InChI=1S/C14H24N2O5S/c1-10(2)12(18)20-7-6-15-13(19)16-8-11(17)21-14(3,4)9-22-5/h1,6-9H2,2-5H3,(H2,15,16,19). The summed E-state index contributed by atoms with van der Waals surface area (Å²) in [6, 6.07) is -0.536. The second-order valence-electron chi connectivity index (χ2n) is 5.19. The summed E-state index contributed by atoms with van der Waals surface area (Å²) >= 11 is 1.57. The highest BCUT2D eigenvalue weighted by atomic mass is 32.2. The fourth-order valence-corrected chi connectivity index (χ4v) is 2.12. The SMILES string of the molecule is C=C(C)C(=O)OCCNC(=O)NCC(=O)OC(C)(C)CSC. The maximum Gasteiger partial charge on any atom is 0.333 e. The van der Waals surface area contributed by atoms with E-state index in [4.69, 9.17) is 9.47 Å². The quantitative estimate of drug-likeness (QED) is 0.373. The van der Waals surface area contributed by atoms with E-state index >= 15 is 0 Å². The number of carbonyl (C=O) groups excluding carboxylic acids is 3. The Bertz CT molecular complexity index is 423. The Labute approximate surface area is 135 Å². The van der Waals surface area contributed by atoms with Crippen LogP contribution in [0.3, 0.4) is 0 Å². The van der Waals surface area contributed by atoms with Crippen molar-refractivity contribution in [3.63, 3.8) is 0 Å². The third-order valence-electron chi connectivity index (χ3n) is 2.24. The number of thioether (sulfide) groups is 1. The number of nitrogens with one attached hydrogen (secondary N) is 2. The predicted octanol–water partition coefficient (Wildman–Crippen LogP) is 1.09. The van der Waals surface area contributed by atoms with Crippen molar-refractivity contribution in [3.8, 4) is 0 Å². The van der Waals surface area contributed by atoms with Crippen molar-refractivity contribution in [2.24, 2.45) is 0 Å². The minimum Gasteiger partial charge on any atom is -0.460 e. The van der Waals surface area contributed by atoms with Crippen molar-refractivity contribution in [3.05, 3.63) is 12.2 Å². The highest BCUT2D eigenvalue weighted by molar-refractivity contribution is 7.98. The molecule has 7 nitrogen and oxygen atoms in total. The fourth-order valence-electron chi connectivity index (χ4n) is 1.37. The summed E-state index contributed by atoms with van der Waals surface area (Å²) in [6.07, 6.45) is 1.92. The lowest BCUT2D eigenvalue weighted by molar-refractivity contribution is -0.153. The maximum absolute atomic E-state index is 11.6. The summed E-state index contributed by atoms with van der Waals surface area (Å²) in [5.41, 5.74) is -0.286. The molecule has 0 radical (unpaired) electrons. The van der Waals surface area contributed by atoms with E-state index in [9.17, 15) is 14.4 Å². The van der Waals surface area contributed by atoms with Crippen molar-refractivity contribution in [1.82, 2.24) is 10.6 Å². The fraction of sp³-hybridized carbons (Fsp3) is 0.643. The van der Waals surface area contributed by atoms with E-state index in [0.717, 1.165) is 0 Å². The Balaban J connectivity index is 3.83. The topological polar surface area (TPSA) is 93.7 Å². The average Bonchev–Trinajstić information content (AvgIpc) is 2.40.